The summed E-state index contributed by atoms with van der Waals surface area (Å²) >= 11 is 1.31. The van der Waals surface area contributed by atoms with Crippen molar-refractivity contribution >= 4 is 40.2 Å². The van der Waals surface area contributed by atoms with Crippen LogP contribution >= 0.6 is 11.3 Å². The van der Waals surface area contributed by atoms with E-state index in [1.54, 1.807) is 24.7 Å². The van der Waals surface area contributed by atoms with Crippen LogP contribution in [0.4, 0.5) is 17.3 Å². The van der Waals surface area contributed by atoms with Gasteiger partial charge in [0.15, 0.2) is 11.5 Å². The number of hydrogen-bond donors (Lipinski definition) is 2. The Balaban J connectivity index is 0.00000231. The standard InChI is InChI=1S/C20H19N8OS.Rb/c21-18(29)16-9-13(12-30-16)15-11-25-19(20-23-5-8-28(15)20)26-14-1-2-17(24-10-14)27-6-3-22-4-7-27;/h1-2,5,8-12H,3-4,6-7H2,(H2,21,29)(H,25,26);/q-1;+1. The molecule has 0 aliphatic carbocycles. The van der Waals surface area contributed by atoms with Gasteiger partial charge in [0.2, 0.25) is 0 Å². The van der Waals surface area contributed by atoms with Crippen molar-refractivity contribution in [2.24, 2.45) is 5.73 Å². The van der Waals surface area contributed by atoms with Gasteiger partial charge >= 0.3 is 58.2 Å². The summed E-state index contributed by atoms with van der Waals surface area (Å²) in [5.41, 5.74) is 8.60. The van der Waals surface area contributed by atoms with Crippen molar-refractivity contribution < 1.29 is 63.0 Å². The predicted octanol–water partition coefficient (Wildman–Crippen LogP) is -0.107. The zero-order valence-corrected chi connectivity index (χ0v) is 22.8. The second-order valence-corrected chi connectivity index (χ2v) is 7.78. The van der Waals surface area contributed by atoms with Crippen LogP contribution in [-0.4, -0.2) is 51.4 Å². The van der Waals surface area contributed by atoms with Crippen LogP contribution in [0.15, 0.2) is 48.4 Å². The maximum absolute atomic E-state index is 11.4. The topological polar surface area (TPSA) is 116 Å². The van der Waals surface area contributed by atoms with Crippen LogP contribution < -0.4 is 74.1 Å². The third-order valence-electron chi connectivity index (χ3n) is 4.96. The summed E-state index contributed by atoms with van der Waals surface area (Å²) in [4.78, 5) is 27.7. The van der Waals surface area contributed by atoms with Crippen molar-refractivity contribution in [3.63, 3.8) is 0 Å². The van der Waals surface area contributed by atoms with E-state index in [9.17, 15) is 4.79 Å². The fourth-order valence-electron chi connectivity index (χ4n) is 3.44. The maximum atomic E-state index is 11.4. The molecule has 5 rings (SSSR count). The van der Waals surface area contributed by atoms with Crippen molar-refractivity contribution in [2.75, 3.05) is 36.4 Å². The van der Waals surface area contributed by atoms with Crippen LogP contribution in [0.2, 0.25) is 0 Å². The van der Waals surface area contributed by atoms with E-state index in [1.807, 2.05) is 28.1 Å². The van der Waals surface area contributed by atoms with Gasteiger partial charge in [-0.05, 0) is 18.2 Å². The number of nitrogens with two attached hydrogens (primary N) is 1. The summed E-state index contributed by atoms with van der Waals surface area (Å²) in [5.74, 6) is 1.14. The van der Waals surface area contributed by atoms with Gasteiger partial charge in [-0.25, -0.2) is 15.0 Å². The first-order valence-corrected chi connectivity index (χ1v) is 10.4. The van der Waals surface area contributed by atoms with E-state index in [4.69, 9.17) is 5.73 Å². The van der Waals surface area contributed by atoms with Gasteiger partial charge < -0.3 is 21.3 Å². The minimum absolute atomic E-state index is 0. The molecular formula is C20H19N8ORbS. The number of rotatable bonds is 5. The Morgan fingerprint density at radius 1 is 1.16 bits per heavy atom. The predicted molar refractivity (Wildman–Crippen MR) is 118 cm³/mol. The first-order chi connectivity index (χ1) is 14.7. The molecule has 152 valence electrons. The van der Waals surface area contributed by atoms with E-state index >= 15 is 0 Å². The quantitative estimate of drug-likeness (QED) is 0.392. The molecule has 1 amide bonds. The van der Waals surface area contributed by atoms with Gasteiger partial charge in [0, 0.05) is 36.4 Å². The van der Waals surface area contributed by atoms with E-state index in [0.717, 1.165) is 48.9 Å². The van der Waals surface area contributed by atoms with Gasteiger partial charge in [0.05, 0.1) is 28.7 Å². The molecule has 0 bridgehead atoms. The number of carbonyl (C=O) groups excluding carboxylic acids is 1. The molecule has 0 aromatic carbocycles. The fraction of sp³-hybridized carbons (Fsp3) is 0.200. The number of piperazine rings is 1. The molecule has 31 heavy (non-hydrogen) atoms. The molecule has 0 spiro atoms. The smallest absolute Gasteiger partial charge is 0.659 e. The first-order valence-electron chi connectivity index (χ1n) is 9.51. The molecule has 3 N–H and O–H groups in total. The average Bonchev–Trinajstić information content (AvgIpc) is 3.46. The van der Waals surface area contributed by atoms with Gasteiger partial charge in [-0.15, -0.1) is 24.4 Å². The number of primary amides is 1. The van der Waals surface area contributed by atoms with Gasteiger partial charge in [-0.2, -0.15) is 0 Å². The number of amides is 1. The number of nitrogens with zero attached hydrogens (tertiary/aromatic N) is 6. The number of fused-ring (bicyclic) bond motifs is 1. The molecule has 1 aliphatic heterocycles. The largest absolute Gasteiger partial charge is 1.00 e. The number of nitrogens with one attached hydrogen (secondary N) is 1. The SMILES string of the molecule is NC(=O)c1cc(-c2cnc(Nc3ccc(N4CC[N-]CC4)nc3)c3nccn23)cs1.[Rb+]. The number of carbonyl (C=O) groups is 1. The van der Waals surface area contributed by atoms with E-state index in [0.29, 0.717) is 16.3 Å². The van der Waals surface area contributed by atoms with Crippen LogP contribution in [0.25, 0.3) is 22.2 Å². The molecular weight excluding hydrogens is 486 g/mol. The molecule has 0 atom stereocenters. The van der Waals surface area contributed by atoms with Crippen LogP contribution in [-0.2, 0) is 0 Å². The van der Waals surface area contributed by atoms with Crippen molar-refractivity contribution in [1.29, 1.82) is 0 Å². The Labute approximate surface area is 231 Å². The van der Waals surface area contributed by atoms with Crippen molar-refractivity contribution in [3.05, 3.63) is 58.6 Å². The third-order valence-corrected chi connectivity index (χ3v) is 5.90. The Morgan fingerprint density at radius 3 is 2.71 bits per heavy atom. The number of thiophene rings is 1. The zero-order valence-electron chi connectivity index (χ0n) is 17.0. The fourth-order valence-corrected chi connectivity index (χ4v) is 4.19. The van der Waals surface area contributed by atoms with Gasteiger partial charge in [0.1, 0.15) is 5.82 Å². The number of pyridine rings is 1. The Hall–Kier alpha value is -1.69. The minimum Gasteiger partial charge on any atom is -0.659 e. The molecule has 9 nitrogen and oxygen atoms in total. The van der Waals surface area contributed by atoms with Gasteiger partial charge in [-0.3, -0.25) is 9.20 Å². The molecule has 0 saturated carbocycles. The van der Waals surface area contributed by atoms with E-state index in [1.165, 1.54) is 11.3 Å². The summed E-state index contributed by atoms with van der Waals surface area (Å²) in [6, 6.07) is 5.76. The number of hydrogen-bond acceptors (Lipinski definition) is 7. The summed E-state index contributed by atoms with van der Waals surface area (Å²) in [7, 11) is 0. The van der Waals surface area contributed by atoms with Crippen LogP contribution in [0.1, 0.15) is 9.67 Å². The average molecular weight is 505 g/mol. The normalized spacial score (nSPS) is 13.7. The minimum atomic E-state index is -0.436. The molecule has 4 aromatic heterocycles. The van der Waals surface area contributed by atoms with E-state index < -0.39 is 5.91 Å². The van der Waals surface area contributed by atoms with Crippen molar-refractivity contribution in [3.8, 4) is 11.3 Å². The third kappa shape index (κ3) is 4.74. The van der Waals surface area contributed by atoms with Crippen LogP contribution in [0, 0.1) is 0 Å². The molecule has 1 aliphatic rings. The monoisotopic (exact) mass is 504 g/mol. The number of imidazole rings is 1. The Morgan fingerprint density at radius 2 is 2.00 bits per heavy atom. The van der Waals surface area contributed by atoms with Crippen LogP contribution in [0.5, 0.6) is 0 Å². The van der Waals surface area contributed by atoms with Gasteiger partial charge in [0.25, 0.3) is 5.91 Å². The van der Waals surface area contributed by atoms with E-state index in [-0.39, 0.29) is 58.2 Å². The van der Waals surface area contributed by atoms with Crippen LogP contribution in [0.3, 0.4) is 0 Å². The second-order valence-electron chi connectivity index (χ2n) is 6.86. The molecule has 0 unspecified atom stereocenters. The summed E-state index contributed by atoms with van der Waals surface area (Å²) in [5, 5.41) is 9.56. The summed E-state index contributed by atoms with van der Waals surface area (Å²) in [6.45, 7) is 3.50. The Bertz CT molecular complexity index is 1200. The summed E-state index contributed by atoms with van der Waals surface area (Å²) in [6.07, 6.45) is 7.13. The molecule has 1 saturated heterocycles. The molecule has 4 aromatic rings. The Kier molecular flexibility index (Phi) is 7.14. The molecule has 5 heterocycles. The van der Waals surface area contributed by atoms with Crippen molar-refractivity contribution in [2.45, 2.75) is 0 Å². The second kappa shape index (κ2) is 9.84. The van der Waals surface area contributed by atoms with E-state index in [2.05, 4.69) is 30.5 Å². The van der Waals surface area contributed by atoms with Gasteiger partial charge in [-0.1, -0.05) is 0 Å². The number of aromatic nitrogens is 4. The van der Waals surface area contributed by atoms with Crippen molar-refractivity contribution in [1.82, 2.24) is 19.4 Å². The molecule has 1 fully saturated rings. The number of anilines is 3. The molecule has 0 radical (unpaired) electrons. The molecule has 11 heteroatoms. The summed E-state index contributed by atoms with van der Waals surface area (Å²) < 4.78 is 1.93. The first kappa shape index (κ1) is 22.5. The maximum Gasteiger partial charge on any atom is 1.00 e. The zero-order chi connectivity index (χ0) is 20.5.